The molecule has 2 aromatic rings. The van der Waals surface area contributed by atoms with Gasteiger partial charge in [0.1, 0.15) is 0 Å². The van der Waals surface area contributed by atoms with Gasteiger partial charge in [-0.05, 0) is 48.8 Å². The molecule has 0 aliphatic heterocycles. The number of pyridine rings is 1. The number of hydrogen-bond acceptors (Lipinski definition) is 3. The molecular formula is C21H26N2O2. The van der Waals surface area contributed by atoms with Gasteiger partial charge in [-0.1, -0.05) is 36.8 Å². The van der Waals surface area contributed by atoms with Crippen LogP contribution in [0.25, 0.3) is 0 Å². The Labute approximate surface area is 148 Å². The van der Waals surface area contributed by atoms with Crippen molar-refractivity contribution in [3.63, 3.8) is 0 Å². The smallest absolute Gasteiger partial charge is 0.273 e. The molecule has 25 heavy (non-hydrogen) atoms. The Morgan fingerprint density at radius 2 is 1.92 bits per heavy atom. The maximum absolute atomic E-state index is 12.4. The number of ether oxygens (including phenoxy) is 1. The number of hydrogen-bond donors (Lipinski definition) is 1. The summed E-state index contributed by atoms with van der Waals surface area (Å²) in [5.74, 6) is 0.984. The van der Waals surface area contributed by atoms with E-state index in [-0.39, 0.29) is 11.7 Å². The van der Waals surface area contributed by atoms with Crippen LogP contribution in [-0.2, 0) is 17.9 Å². The molecule has 2 fully saturated rings. The third-order valence-corrected chi connectivity index (χ3v) is 5.51. The van der Waals surface area contributed by atoms with Crippen LogP contribution in [0.4, 0.5) is 5.69 Å². The van der Waals surface area contributed by atoms with Crippen LogP contribution in [0.5, 0.6) is 0 Å². The zero-order chi connectivity index (χ0) is 17.2. The highest BCUT2D eigenvalue weighted by Crippen LogP contribution is 2.40. The van der Waals surface area contributed by atoms with Crippen molar-refractivity contribution >= 4 is 5.69 Å². The summed E-state index contributed by atoms with van der Waals surface area (Å²) in [5.41, 5.74) is 8.71. The first-order valence-corrected chi connectivity index (χ1v) is 9.36. The topological polar surface area (TPSA) is 57.2 Å². The Hall–Kier alpha value is -2.07. The van der Waals surface area contributed by atoms with E-state index in [0.29, 0.717) is 30.7 Å². The molecule has 2 N–H and O–H groups in total. The number of benzene rings is 1. The maximum Gasteiger partial charge on any atom is 0.273 e. The van der Waals surface area contributed by atoms with Crippen molar-refractivity contribution < 1.29 is 4.74 Å². The van der Waals surface area contributed by atoms with Crippen LogP contribution in [0, 0.1) is 5.92 Å². The summed E-state index contributed by atoms with van der Waals surface area (Å²) >= 11 is 0. The van der Waals surface area contributed by atoms with Crippen LogP contribution < -0.4 is 11.3 Å². The SMILES string of the molecule is Nc1cc(C2CC2)cn(C[C@@H]2CCCC2OCc2ccccc2)c1=O. The van der Waals surface area contributed by atoms with Gasteiger partial charge in [-0.3, -0.25) is 4.79 Å². The number of aromatic nitrogens is 1. The van der Waals surface area contributed by atoms with Gasteiger partial charge in [0, 0.05) is 18.7 Å². The fourth-order valence-electron chi connectivity index (χ4n) is 3.92. The van der Waals surface area contributed by atoms with Crippen molar-refractivity contribution in [3.05, 3.63) is 64.1 Å². The molecule has 0 saturated heterocycles. The molecule has 4 nitrogen and oxygen atoms in total. The zero-order valence-electron chi connectivity index (χ0n) is 14.6. The molecule has 1 heterocycles. The van der Waals surface area contributed by atoms with E-state index in [4.69, 9.17) is 10.5 Å². The summed E-state index contributed by atoms with van der Waals surface area (Å²) in [6.07, 6.45) is 8.02. The third-order valence-electron chi connectivity index (χ3n) is 5.51. The summed E-state index contributed by atoms with van der Waals surface area (Å²) in [6.45, 7) is 1.35. The number of nitrogens with zero attached hydrogens (tertiary/aromatic N) is 1. The second kappa shape index (κ2) is 7.04. The Kier molecular flexibility index (Phi) is 4.62. The van der Waals surface area contributed by atoms with Crippen molar-refractivity contribution in [1.29, 1.82) is 0 Å². The molecule has 2 aliphatic carbocycles. The summed E-state index contributed by atoms with van der Waals surface area (Å²) in [4.78, 5) is 12.4. The lowest BCUT2D eigenvalue weighted by Crippen LogP contribution is -2.30. The Morgan fingerprint density at radius 3 is 2.68 bits per heavy atom. The Bertz CT molecular complexity index is 780. The van der Waals surface area contributed by atoms with E-state index in [9.17, 15) is 4.79 Å². The van der Waals surface area contributed by atoms with Gasteiger partial charge in [-0.15, -0.1) is 0 Å². The van der Waals surface area contributed by atoms with E-state index < -0.39 is 0 Å². The summed E-state index contributed by atoms with van der Waals surface area (Å²) in [6, 6.07) is 12.1. The highest BCUT2D eigenvalue weighted by atomic mass is 16.5. The van der Waals surface area contributed by atoms with Crippen LogP contribution in [-0.4, -0.2) is 10.7 Å². The van der Waals surface area contributed by atoms with Crippen LogP contribution in [0.1, 0.15) is 49.1 Å². The summed E-state index contributed by atoms with van der Waals surface area (Å²) < 4.78 is 8.02. The first kappa shape index (κ1) is 16.4. The normalized spacial score (nSPS) is 23.0. The van der Waals surface area contributed by atoms with E-state index in [2.05, 4.69) is 12.1 Å². The first-order chi connectivity index (χ1) is 12.2. The molecule has 2 saturated carbocycles. The Morgan fingerprint density at radius 1 is 1.12 bits per heavy atom. The van der Waals surface area contributed by atoms with Gasteiger partial charge in [-0.2, -0.15) is 0 Å². The monoisotopic (exact) mass is 338 g/mol. The lowest BCUT2D eigenvalue weighted by molar-refractivity contribution is 0.0112. The van der Waals surface area contributed by atoms with Crippen LogP contribution in [0.15, 0.2) is 47.4 Å². The molecule has 2 aliphatic rings. The minimum absolute atomic E-state index is 0.0573. The molecule has 4 rings (SSSR count). The van der Waals surface area contributed by atoms with Crippen LogP contribution in [0.3, 0.4) is 0 Å². The van der Waals surface area contributed by atoms with E-state index in [1.807, 2.05) is 35.0 Å². The predicted molar refractivity (Wildman–Crippen MR) is 99.4 cm³/mol. The first-order valence-electron chi connectivity index (χ1n) is 9.36. The van der Waals surface area contributed by atoms with Gasteiger partial charge < -0.3 is 15.0 Å². The highest BCUT2D eigenvalue weighted by Gasteiger charge is 2.30. The number of rotatable bonds is 6. The second-order valence-electron chi connectivity index (χ2n) is 7.49. The zero-order valence-corrected chi connectivity index (χ0v) is 14.6. The molecule has 0 bridgehead atoms. The van der Waals surface area contributed by atoms with Crippen molar-refractivity contribution in [3.8, 4) is 0 Å². The molecule has 0 spiro atoms. The molecule has 0 radical (unpaired) electrons. The van der Waals surface area contributed by atoms with Crippen molar-refractivity contribution in [2.24, 2.45) is 5.92 Å². The molecule has 132 valence electrons. The van der Waals surface area contributed by atoms with Gasteiger partial charge in [0.2, 0.25) is 0 Å². The fourth-order valence-corrected chi connectivity index (χ4v) is 3.92. The van der Waals surface area contributed by atoms with E-state index in [1.54, 1.807) is 0 Å². The summed E-state index contributed by atoms with van der Waals surface area (Å²) in [5, 5.41) is 0. The van der Waals surface area contributed by atoms with Crippen LogP contribution in [0.2, 0.25) is 0 Å². The molecule has 1 aromatic carbocycles. The van der Waals surface area contributed by atoms with E-state index >= 15 is 0 Å². The van der Waals surface area contributed by atoms with Crippen LogP contribution >= 0.6 is 0 Å². The quantitative estimate of drug-likeness (QED) is 0.874. The van der Waals surface area contributed by atoms with E-state index in [1.165, 1.54) is 24.0 Å². The predicted octanol–water partition coefficient (Wildman–Crippen LogP) is 3.69. The molecular weight excluding hydrogens is 312 g/mol. The van der Waals surface area contributed by atoms with Gasteiger partial charge in [0.25, 0.3) is 5.56 Å². The molecule has 2 atom stereocenters. The van der Waals surface area contributed by atoms with Gasteiger partial charge >= 0.3 is 0 Å². The lowest BCUT2D eigenvalue weighted by atomic mass is 10.1. The largest absolute Gasteiger partial charge is 0.394 e. The minimum Gasteiger partial charge on any atom is -0.394 e. The number of nitrogens with two attached hydrogens (primary N) is 1. The summed E-state index contributed by atoms with van der Waals surface area (Å²) in [7, 11) is 0. The molecule has 4 heteroatoms. The van der Waals surface area contributed by atoms with Crippen molar-refractivity contribution in [1.82, 2.24) is 4.57 Å². The maximum atomic E-state index is 12.4. The molecule has 0 amide bonds. The average molecular weight is 338 g/mol. The Balaban J connectivity index is 1.45. The van der Waals surface area contributed by atoms with E-state index in [0.717, 1.165) is 19.3 Å². The third kappa shape index (κ3) is 3.79. The number of anilines is 1. The number of nitrogen functional groups attached to an aromatic ring is 1. The van der Waals surface area contributed by atoms with Crippen molar-refractivity contribution in [2.75, 3.05) is 5.73 Å². The molecule has 1 aromatic heterocycles. The van der Waals surface area contributed by atoms with Gasteiger partial charge in [-0.25, -0.2) is 0 Å². The molecule has 1 unspecified atom stereocenters. The standard InChI is InChI=1S/C21H26N2O2/c22-19-11-18(16-9-10-16)13-23(21(19)24)12-17-7-4-8-20(17)25-14-15-5-2-1-3-6-15/h1-3,5-6,11,13,16-17,20H,4,7-10,12,14,22H2/t17-,20?/m0/s1. The highest BCUT2D eigenvalue weighted by molar-refractivity contribution is 5.40. The van der Waals surface area contributed by atoms with Gasteiger partial charge in [0.15, 0.2) is 0 Å². The second-order valence-corrected chi connectivity index (χ2v) is 7.49. The average Bonchev–Trinajstić information content (AvgIpc) is 3.39. The minimum atomic E-state index is -0.0573. The van der Waals surface area contributed by atoms with Crippen molar-refractivity contribution in [2.45, 2.75) is 57.3 Å². The van der Waals surface area contributed by atoms with Gasteiger partial charge in [0.05, 0.1) is 18.4 Å². The lowest BCUT2D eigenvalue weighted by Gasteiger charge is -2.22. The fraction of sp³-hybridized carbons (Fsp3) is 0.476.